The fourth-order valence-corrected chi connectivity index (χ4v) is 2.05. The summed E-state index contributed by atoms with van der Waals surface area (Å²) in [7, 11) is 1.76. The van der Waals surface area contributed by atoms with Crippen LogP contribution < -0.4 is 10.6 Å². The Morgan fingerprint density at radius 3 is 2.42 bits per heavy atom. The molecule has 0 saturated heterocycles. The molecule has 0 fully saturated rings. The first-order chi connectivity index (χ1) is 11.7. The van der Waals surface area contributed by atoms with E-state index in [9.17, 15) is 4.79 Å². The number of nitrogens with one attached hydrogen (secondary N) is 2. The summed E-state index contributed by atoms with van der Waals surface area (Å²) in [5.74, 6) is 1.03. The van der Waals surface area contributed by atoms with E-state index in [1.807, 2.05) is 34.6 Å². The fraction of sp³-hybridized carbons (Fsp3) is 0.889. The summed E-state index contributed by atoms with van der Waals surface area (Å²) in [4.78, 5) is 18.2. The highest BCUT2D eigenvalue weighted by Gasteiger charge is 2.20. The smallest absolute Gasteiger partial charge is 0.410 e. The first kappa shape index (κ1) is 27.4. The van der Waals surface area contributed by atoms with Crippen LogP contribution in [0.3, 0.4) is 0 Å². The van der Waals surface area contributed by atoms with E-state index < -0.39 is 5.60 Å². The molecule has 0 aliphatic carbocycles. The van der Waals surface area contributed by atoms with Crippen LogP contribution in [-0.2, 0) is 9.47 Å². The van der Waals surface area contributed by atoms with Crippen LogP contribution in [0.1, 0.15) is 48.0 Å². The van der Waals surface area contributed by atoms with Gasteiger partial charge in [0.15, 0.2) is 5.96 Å². The largest absolute Gasteiger partial charge is 0.444 e. The third-order valence-corrected chi connectivity index (χ3v) is 3.16. The Morgan fingerprint density at radius 1 is 1.23 bits per heavy atom. The molecule has 0 saturated carbocycles. The predicted octanol–water partition coefficient (Wildman–Crippen LogP) is 3.09. The maximum Gasteiger partial charge on any atom is 0.410 e. The van der Waals surface area contributed by atoms with Crippen molar-refractivity contribution in [3.05, 3.63) is 0 Å². The quantitative estimate of drug-likeness (QED) is 0.215. The van der Waals surface area contributed by atoms with Gasteiger partial charge in [0.05, 0.1) is 0 Å². The Bertz CT molecular complexity index is 400. The molecule has 26 heavy (non-hydrogen) atoms. The Hall–Kier alpha value is -0.770. The van der Waals surface area contributed by atoms with Crippen LogP contribution in [0, 0.1) is 5.92 Å². The van der Waals surface area contributed by atoms with Gasteiger partial charge < -0.3 is 25.0 Å². The van der Waals surface area contributed by atoms with Crippen molar-refractivity contribution in [3.8, 4) is 0 Å². The third kappa shape index (κ3) is 15.5. The number of hydrogen-bond donors (Lipinski definition) is 2. The fourth-order valence-electron chi connectivity index (χ4n) is 2.05. The minimum absolute atomic E-state index is 0. The van der Waals surface area contributed by atoms with Crippen molar-refractivity contribution in [1.82, 2.24) is 15.5 Å². The number of rotatable bonds is 10. The molecule has 156 valence electrons. The molecule has 1 atom stereocenters. The van der Waals surface area contributed by atoms with Gasteiger partial charge in [0.25, 0.3) is 0 Å². The number of aliphatic imine (C=N–C) groups is 1. The summed E-state index contributed by atoms with van der Waals surface area (Å²) in [6.45, 7) is 16.1. The zero-order valence-corrected chi connectivity index (χ0v) is 19.9. The zero-order valence-electron chi connectivity index (χ0n) is 17.6. The van der Waals surface area contributed by atoms with E-state index >= 15 is 0 Å². The molecular weight excluding hydrogens is 447 g/mol. The lowest BCUT2D eigenvalue weighted by Gasteiger charge is -2.26. The summed E-state index contributed by atoms with van der Waals surface area (Å²) >= 11 is 0. The van der Waals surface area contributed by atoms with E-state index in [-0.39, 0.29) is 36.0 Å². The molecule has 0 aromatic carbocycles. The number of halogens is 1. The monoisotopic (exact) mass is 486 g/mol. The number of carbonyl (C=O) groups is 1. The summed E-state index contributed by atoms with van der Waals surface area (Å²) in [6.07, 6.45) is 0.638. The van der Waals surface area contributed by atoms with Crippen LogP contribution in [0.25, 0.3) is 0 Å². The lowest BCUT2D eigenvalue weighted by atomic mass is 10.2. The number of carbonyl (C=O) groups excluding carboxylic acids is 1. The maximum absolute atomic E-state index is 12.0. The van der Waals surface area contributed by atoms with Crippen LogP contribution >= 0.6 is 24.0 Å². The van der Waals surface area contributed by atoms with Gasteiger partial charge in [0.1, 0.15) is 5.60 Å². The van der Waals surface area contributed by atoms with Gasteiger partial charge >= 0.3 is 6.09 Å². The standard InChI is InChI=1S/C18H38N4O3.HI/c1-8-19-16(20-11-10-12-24-9-2)21-13-15(3)14-22(7)17(23)25-18(4,5)6;/h15H,8-14H2,1-7H3,(H2,19,20,21);1H. The van der Waals surface area contributed by atoms with Gasteiger partial charge in [0.2, 0.25) is 0 Å². The minimum atomic E-state index is -0.476. The SMILES string of the molecule is CCNC(=NCC(C)CN(C)C(=O)OC(C)(C)C)NCCCOCC.I. The van der Waals surface area contributed by atoms with E-state index in [1.165, 1.54) is 0 Å². The predicted molar refractivity (Wildman–Crippen MR) is 119 cm³/mol. The molecule has 7 nitrogen and oxygen atoms in total. The van der Waals surface area contributed by atoms with Gasteiger partial charge in [-0.1, -0.05) is 6.92 Å². The van der Waals surface area contributed by atoms with Crippen LogP contribution in [0.4, 0.5) is 4.79 Å². The van der Waals surface area contributed by atoms with Gasteiger partial charge in [0, 0.05) is 46.4 Å². The van der Waals surface area contributed by atoms with E-state index in [0.717, 1.165) is 38.7 Å². The molecule has 0 heterocycles. The Labute approximate surface area is 176 Å². The number of hydrogen-bond acceptors (Lipinski definition) is 4. The molecular formula is C18H39IN4O3. The number of guanidine groups is 1. The third-order valence-electron chi connectivity index (χ3n) is 3.16. The molecule has 0 aliphatic rings. The summed E-state index contributed by atoms with van der Waals surface area (Å²) in [6, 6.07) is 0. The number of ether oxygens (including phenoxy) is 2. The molecule has 0 rings (SSSR count). The lowest BCUT2D eigenvalue weighted by Crippen LogP contribution is -2.39. The van der Waals surface area contributed by atoms with E-state index in [0.29, 0.717) is 13.1 Å². The lowest BCUT2D eigenvalue weighted by molar-refractivity contribution is 0.0279. The second-order valence-corrected chi connectivity index (χ2v) is 7.16. The summed E-state index contributed by atoms with van der Waals surface area (Å²) in [5, 5.41) is 6.52. The van der Waals surface area contributed by atoms with Crippen molar-refractivity contribution in [2.24, 2.45) is 10.9 Å². The summed E-state index contributed by atoms with van der Waals surface area (Å²) < 4.78 is 10.7. The molecule has 0 spiro atoms. The average Bonchev–Trinajstić information content (AvgIpc) is 2.50. The van der Waals surface area contributed by atoms with Crippen LogP contribution in [0.15, 0.2) is 4.99 Å². The second kappa shape index (κ2) is 15.3. The van der Waals surface area contributed by atoms with Crippen molar-refractivity contribution < 1.29 is 14.3 Å². The van der Waals surface area contributed by atoms with Crippen molar-refractivity contribution in [3.63, 3.8) is 0 Å². The van der Waals surface area contributed by atoms with Gasteiger partial charge in [-0.3, -0.25) is 4.99 Å². The van der Waals surface area contributed by atoms with Crippen LogP contribution in [0.5, 0.6) is 0 Å². The molecule has 1 unspecified atom stereocenters. The molecule has 0 aliphatic heterocycles. The molecule has 0 aromatic heterocycles. The molecule has 0 bridgehead atoms. The molecule has 1 amide bonds. The maximum atomic E-state index is 12.0. The van der Waals surface area contributed by atoms with E-state index in [1.54, 1.807) is 11.9 Å². The summed E-state index contributed by atoms with van der Waals surface area (Å²) in [5.41, 5.74) is -0.476. The highest BCUT2D eigenvalue weighted by molar-refractivity contribution is 14.0. The number of nitrogens with zero attached hydrogens (tertiary/aromatic N) is 2. The Morgan fingerprint density at radius 2 is 1.88 bits per heavy atom. The zero-order chi connectivity index (χ0) is 19.3. The van der Waals surface area contributed by atoms with E-state index in [2.05, 4.69) is 22.5 Å². The van der Waals surface area contributed by atoms with Gasteiger partial charge in [-0.15, -0.1) is 24.0 Å². The van der Waals surface area contributed by atoms with Crippen molar-refractivity contribution >= 4 is 36.0 Å². The minimum Gasteiger partial charge on any atom is -0.444 e. The van der Waals surface area contributed by atoms with Crippen molar-refractivity contribution in [2.45, 2.75) is 53.6 Å². The van der Waals surface area contributed by atoms with E-state index in [4.69, 9.17) is 9.47 Å². The second-order valence-electron chi connectivity index (χ2n) is 7.16. The van der Waals surface area contributed by atoms with Crippen LogP contribution in [-0.4, -0.2) is 69.0 Å². The average molecular weight is 486 g/mol. The van der Waals surface area contributed by atoms with Gasteiger partial charge in [-0.05, 0) is 47.0 Å². The van der Waals surface area contributed by atoms with Gasteiger partial charge in [-0.25, -0.2) is 4.79 Å². The first-order valence-electron chi connectivity index (χ1n) is 9.23. The highest BCUT2D eigenvalue weighted by Crippen LogP contribution is 2.10. The van der Waals surface area contributed by atoms with Gasteiger partial charge in [-0.2, -0.15) is 0 Å². The van der Waals surface area contributed by atoms with Crippen molar-refractivity contribution in [1.29, 1.82) is 0 Å². The highest BCUT2D eigenvalue weighted by atomic mass is 127. The van der Waals surface area contributed by atoms with Crippen LogP contribution in [0.2, 0.25) is 0 Å². The Kier molecular flexibility index (Phi) is 16.2. The molecule has 0 aromatic rings. The molecule has 0 radical (unpaired) electrons. The normalized spacial score (nSPS) is 12.8. The molecule has 2 N–H and O–H groups in total. The topological polar surface area (TPSA) is 75.2 Å². The molecule has 8 heteroatoms. The Balaban J connectivity index is 0. The van der Waals surface area contributed by atoms with Crippen molar-refractivity contribution in [2.75, 3.05) is 46.4 Å². The first-order valence-corrected chi connectivity index (χ1v) is 9.23. The number of amides is 1.